The molecule has 6 heteroatoms. The smallest absolute Gasteiger partial charge is 0.329 e. The van der Waals surface area contributed by atoms with Crippen LogP contribution in [0.2, 0.25) is 0 Å². The molecule has 1 atom stereocenters. The van der Waals surface area contributed by atoms with E-state index in [0.29, 0.717) is 19.4 Å². The lowest BCUT2D eigenvalue weighted by molar-refractivity contribution is -0.147. The van der Waals surface area contributed by atoms with Gasteiger partial charge in [0.05, 0.1) is 4.47 Å². The standard InChI is InChI=1S/C13H13BrFNO3/c1-13(12(18)19)5-2-6-16(13)11(17)8-3-4-9(14)10(15)7-8/h3-4,7H,2,5-6H2,1H3,(H,18,19). The lowest BCUT2D eigenvalue weighted by Gasteiger charge is -2.31. The molecule has 0 saturated carbocycles. The maximum Gasteiger partial charge on any atom is 0.329 e. The van der Waals surface area contributed by atoms with Crippen molar-refractivity contribution < 1.29 is 19.1 Å². The van der Waals surface area contributed by atoms with Crippen molar-refractivity contribution in [3.63, 3.8) is 0 Å². The van der Waals surface area contributed by atoms with Crippen LogP contribution < -0.4 is 0 Å². The predicted octanol–water partition coefficient (Wildman–Crippen LogP) is 2.67. The average Bonchev–Trinajstić information content (AvgIpc) is 2.75. The summed E-state index contributed by atoms with van der Waals surface area (Å²) >= 11 is 3.01. The van der Waals surface area contributed by atoms with E-state index in [1.54, 1.807) is 0 Å². The molecule has 0 aliphatic carbocycles. The van der Waals surface area contributed by atoms with Gasteiger partial charge < -0.3 is 10.0 Å². The molecule has 2 rings (SSSR count). The Hall–Kier alpha value is -1.43. The zero-order chi connectivity index (χ0) is 14.2. The van der Waals surface area contributed by atoms with Crippen molar-refractivity contribution in [3.8, 4) is 0 Å². The van der Waals surface area contributed by atoms with Gasteiger partial charge in [0.25, 0.3) is 5.91 Å². The summed E-state index contributed by atoms with van der Waals surface area (Å²) in [6.45, 7) is 1.90. The van der Waals surface area contributed by atoms with Crippen LogP contribution in [-0.2, 0) is 4.79 Å². The number of carboxylic acid groups (broad SMARTS) is 1. The highest BCUT2D eigenvalue weighted by molar-refractivity contribution is 9.10. The molecule has 1 aliphatic rings. The third kappa shape index (κ3) is 2.36. The van der Waals surface area contributed by atoms with E-state index < -0.39 is 23.2 Å². The number of carboxylic acids is 1. The fourth-order valence-electron chi connectivity index (χ4n) is 2.30. The number of amides is 1. The van der Waals surface area contributed by atoms with Gasteiger partial charge >= 0.3 is 5.97 Å². The molecule has 1 N–H and O–H groups in total. The highest BCUT2D eigenvalue weighted by Gasteiger charge is 2.46. The van der Waals surface area contributed by atoms with Gasteiger partial charge in [-0.05, 0) is 53.9 Å². The number of carbonyl (C=O) groups excluding carboxylic acids is 1. The number of hydrogen-bond acceptors (Lipinski definition) is 2. The quantitative estimate of drug-likeness (QED) is 0.907. The van der Waals surface area contributed by atoms with Crippen LogP contribution in [0.25, 0.3) is 0 Å². The summed E-state index contributed by atoms with van der Waals surface area (Å²) < 4.78 is 13.7. The molecule has 19 heavy (non-hydrogen) atoms. The van der Waals surface area contributed by atoms with Crippen LogP contribution in [0.1, 0.15) is 30.1 Å². The second kappa shape index (κ2) is 4.92. The molecule has 1 aromatic rings. The lowest BCUT2D eigenvalue weighted by atomic mass is 9.98. The van der Waals surface area contributed by atoms with E-state index in [1.165, 1.54) is 24.0 Å². The van der Waals surface area contributed by atoms with Crippen molar-refractivity contribution in [1.29, 1.82) is 0 Å². The van der Waals surface area contributed by atoms with Gasteiger partial charge in [-0.2, -0.15) is 0 Å². The Bertz CT molecular complexity index is 549. The first-order valence-corrected chi connectivity index (χ1v) is 6.66. The first-order chi connectivity index (χ1) is 8.86. The summed E-state index contributed by atoms with van der Waals surface area (Å²) in [4.78, 5) is 24.9. The summed E-state index contributed by atoms with van der Waals surface area (Å²) in [5.74, 6) is -2.02. The monoisotopic (exact) mass is 329 g/mol. The van der Waals surface area contributed by atoms with Crippen LogP contribution in [0.4, 0.5) is 4.39 Å². The minimum Gasteiger partial charge on any atom is -0.480 e. The maximum absolute atomic E-state index is 13.4. The molecule has 102 valence electrons. The van der Waals surface area contributed by atoms with E-state index in [1.807, 2.05) is 0 Å². The molecule has 1 aromatic carbocycles. The zero-order valence-corrected chi connectivity index (χ0v) is 11.9. The molecule has 0 aromatic heterocycles. The summed E-state index contributed by atoms with van der Waals surface area (Å²) in [6.07, 6.45) is 1.04. The summed E-state index contributed by atoms with van der Waals surface area (Å²) in [5, 5.41) is 9.26. The fraction of sp³-hybridized carbons (Fsp3) is 0.385. The van der Waals surface area contributed by atoms with Crippen LogP contribution >= 0.6 is 15.9 Å². The van der Waals surface area contributed by atoms with E-state index in [0.717, 1.165) is 6.07 Å². The molecule has 1 saturated heterocycles. The summed E-state index contributed by atoms with van der Waals surface area (Å²) in [6, 6.07) is 4.04. The Labute approximate surface area is 118 Å². The predicted molar refractivity (Wildman–Crippen MR) is 70.4 cm³/mol. The number of nitrogens with zero attached hydrogens (tertiary/aromatic N) is 1. The van der Waals surface area contributed by atoms with E-state index in [4.69, 9.17) is 0 Å². The lowest BCUT2D eigenvalue weighted by Crippen LogP contribution is -2.50. The Kier molecular flexibility index (Phi) is 3.62. The second-order valence-electron chi connectivity index (χ2n) is 4.77. The van der Waals surface area contributed by atoms with Crippen LogP contribution in [0, 0.1) is 5.82 Å². The number of carbonyl (C=O) groups is 2. The Morgan fingerprint density at radius 2 is 2.16 bits per heavy atom. The summed E-state index contributed by atoms with van der Waals surface area (Å²) in [5.41, 5.74) is -1.05. The molecular weight excluding hydrogens is 317 g/mol. The molecule has 1 heterocycles. The van der Waals surface area contributed by atoms with Gasteiger partial charge in [-0.1, -0.05) is 0 Å². The molecule has 1 unspecified atom stereocenters. The third-order valence-electron chi connectivity index (χ3n) is 3.51. The molecule has 1 fully saturated rings. The van der Waals surface area contributed by atoms with Crippen LogP contribution in [0.5, 0.6) is 0 Å². The van der Waals surface area contributed by atoms with E-state index in [2.05, 4.69) is 15.9 Å². The Morgan fingerprint density at radius 3 is 2.74 bits per heavy atom. The van der Waals surface area contributed by atoms with E-state index >= 15 is 0 Å². The number of rotatable bonds is 2. The normalized spacial score (nSPS) is 22.6. The van der Waals surface area contributed by atoms with Crippen LogP contribution in [-0.4, -0.2) is 34.0 Å². The average molecular weight is 330 g/mol. The van der Waals surface area contributed by atoms with Gasteiger partial charge in [-0.25, -0.2) is 9.18 Å². The Balaban J connectivity index is 2.33. The van der Waals surface area contributed by atoms with Crippen molar-refractivity contribution in [3.05, 3.63) is 34.1 Å². The van der Waals surface area contributed by atoms with Gasteiger partial charge in [0.1, 0.15) is 11.4 Å². The fourth-order valence-corrected chi connectivity index (χ4v) is 2.54. The zero-order valence-electron chi connectivity index (χ0n) is 10.3. The van der Waals surface area contributed by atoms with Crippen molar-refractivity contribution in [2.75, 3.05) is 6.54 Å². The van der Waals surface area contributed by atoms with Crippen molar-refractivity contribution in [1.82, 2.24) is 4.90 Å². The number of hydrogen-bond donors (Lipinski definition) is 1. The molecule has 1 aliphatic heterocycles. The van der Waals surface area contributed by atoms with E-state index in [-0.39, 0.29) is 10.0 Å². The van der Waals surface area contributed by atoms with Crippen molar-refractivity contribution in [2.24, 2.45) is 0 Å². The van der Waals surface area contributed by atoms with Crippen LogP contribution in [0.3, 0.4) is 0 Å². The first-order valence-electron chi connectivity index (χ1n) is 5.86. The minimum atomic E-state index is -1.21. The highest BCUT2D eigenvalue weighted by atomic mass is 79.9. The van der Waals surface area contributed by atoms with Gasteiger partial charge in [-0.3, -0.25) is 4.79 Å². The number of benzene rings is 1. The van der Waals surface area contributed by atoms with Crippen molar-refractivity contribution >= 4 is 27.8 Å². The SMILES string of the molecule is CC1(C(=O)O)CCCN1C(=O)c1ccc(Br)c(F)c1. The van der Waals surface area contributed by atoms with Crippen LogP contribution in [0.15, 0.2) is 22.7 Å². The molecule has 1 amide bonds. The first kappa shape index (κ1) is 14.0. The van der Waals surface area contributed by atoms with Crippen molar-refractivity contribution in [2.45, 2.75) is 25.3 Å². The molecule has 0 spiro atoms. The second-order valence-corrected chi connectivity index (χ2v) is 5.62. The largest absolute Gasteiger partial charge is 0.480 e. The third-order valence-corrected chi connectivity index (χ3v) is 4.16. The maximum atomic E-state index is 13.4. The summed E-state index contributed by atoms with van der Waals surface area (Å²) in [7, 11) is 0. The van der Waals surface area contributed by atoms with Gasteiger partial charge in [0.2, 0.25) is 0 Å². The van der Waals surface area contributed by atoms with E-state index in [9.17, 15) is 19.1 Å². The van der Waals surface area contributed by atoms with Gasteiger partial charge in [0.15, 0.2) is 0 Å². The van der Waals surface area contributed by atoms with Gasteiger partial charge in [-0.15, -0.1) is 0 Å². The minimum absolute atomic E-state index is 0.162. The molecule has 0 bridgehead atoms. The highest BCUT2D eigenvalue weighted by Crippen LogP contribution is 2.31. The number of aliphatic carboxylic acids is 1. The number of likely N-dealkylation sites (tertiary alicyclic amines) is 1. The topological polar surface area (TPSA) is 57.6 Å². The Morgan fingerprint density at radius 1 is 1.47 bits per heavy atom. The van der Waals surface area contributed by atoms with Gasteiger partial charge in [0, 0.05) is 12.1 Å². The number of halogens is 2. The molecular formula is C13H13BrFNO3. The molecule has 4 nitrogen and oxygen atoms in total. The molecule has 0 radical (unpaired) electrons.